The summed E-state index contributed by atoms with van der Waals surface area (Å²) in [7, 11) is 0. The maximum Gasteiger partial charge on any atom is 0.0285 e. The van der Waals surface area contributed by atoms with Crippen molar-refractivity contribution in [2.45, 2.75) is 36.3 Å². The van der Waals surface area contributed by atoms with Crippen LogP contribution in [0.15, 0.2) is 121 Å². The zero-order valence-corrected chi connectivity index (χ0v) is 24.7. The molecular formula is C36H32Br2. The van der Waals surface area contributed by atoms with Crippen molar-refractivity contribution in [2.24, 2.45) is 0 Å². The van der Waals surface area contributed by atoms with Gasteiger partial charge in [0.1, 0.15) is 0 Å². The van der Waals surface area contributed by atoms with Gasteiger partial charge in [0.2, 0.25) is 0 Å². The minimum Gasteiger partial charge on any atom is -0.0876 e. The molecule has 38 heavy (non-hydrogen) atoms. The monoisotopic (exact) mass is 622 g/mol. The van der Waals surface area contributed by atoms with E-state index < -0.39 is 0 Å². The summed E-state index contributed by atoms with van der Waals surface area (Å²) in [6.07, 6.45) is 3.83. The van der Waals surface area contributed by atoms with E-state index in [0.29, 0.717) is 0 Å². The molecule has 0 aliphatic rings. The second-order valence-electron chi connectivity index (χ2n) is 9.87. The van der Waals surface area contributed by atoms with Gasteiger partial charge in [-0.2, -0.15) is 0 Å². The zero-order chi connectivity index (χ0) is 26.2. The van der Waals surface area contributed by atoms with Gasteiger partial charge in [0.25, 0.3) is 0 Å². The minimum absolute atomic E-state index is 0.888. The normalized spacial score (nSPS) is 11.0. The molecule has 0 N–H and O–H groups in total. The molecule has 5 aromatic carbocycles. The number of halogens is 2. The summed E-state index contributed by atoms with van der Waals surface area (Å²) < 4.78 is 0. The molecule has 0 nitrogen and oxygen atoms in total. The van der Waals surface area contributed by atoms with Gasteiger partial charge in [-0.3, -0.25) is 0 Å². The minimum atomic E-state index is 0.888. The van der Waals surface area contributed by atoms with Crippen molar-refractivity contribution in [2.75, 3.05) is 0 Å². The molecule has 0 spiro atoms. The Morgan fingerprint density at radius 3 is 0.816 bits per heavy atom. The third kappa shape index (κ3) is 6.73. The molecule has 5 rings (SSSR count). The van der Waals surface area contributed by atoms with Crippen molar-refractivity contribution in [3.05, 3.63) is 177 Å². The molecule has 5 aromatic rings. The smallest absolute Gasteiger partial charge is 0.0285 e. The Kier molecular flexibility index (Phi) is 9.28. The quantitative estimate of drug-likeness (QED) is 0.136. The number of benzene rings is 5. The van der Waals surface area contributed by atoms with Crippen LogP contribution in [-0.2, 0) is 36.3 Å². The SMILES string of the molecule is BrCc1ccccc1Cc1ccccc1Cc1ccc(Cc2ccccc2Cc2ccccc2CBr)cc1. The molecule has 0 unspecified atom stereocenters. The second-order valence-corrected chi connectivity index (χ2v) is 11.0. The molecule has 0 heterocycles. The fraction of sp³-hybridized carbons (Fsp3) is 0.167. The van der Waals surface area contributed by atoms with Crippen LogP contribution in [-0.4, -0.2) is 0 Å². The van der Waals surface area contributed by atoms with E-state index in [1.54, 1.807) is 0 Å². The Bertz CT molecular complexity index is 1370. The van der Waals surface area contributed by atoms with Crippen LogP contribution in [0.1, 0.15) is 55.6 Å². The molecule has 0 saturated heterocycles. The summed E-state index contributed by atoms with van der Waals surface area (Å²) in [6, 6.07) is 44.4. The molecule has 0 aliphatic heterocycles. The first-order valence-electron chi connectivity index (χ1n) is 13.2. The third-order valence-corrected chi connectivity index (χ3v) is 8.54. The highest BCUT2D eigenvalue weighted by Crippen LogP contribution is 2.24. The van der Waals surface area contributed by atoms with Gasteiger partial charge in [0.15, 0.2) is 0 Å². The van der Waals surface area contributed by atoms with Crippen molar-refractivity contribution in [1.82, 2.24) is 0 Å². The first-order chi connectivity index (χ1) is 18.7. The van der Waals surface area contributed by atoms with Gasteiger partial charge in [-0.1, -0.05) is 153 Å². The highest BCUT2D eigenvalue weighted by atomic mass is 79.9. The van der Waals surface area contributed by atoms with Crippen LogP contribution >= 0.6 is 31.9 Å². The molecule has 0 saturated carbocycles. The average Bonchev–Trinajstić information content (AvgIpc) is 2.97. The maximum atomic E-state index is 3.65. The summed E-state index contributed by atoms with van der Waals surface area (Å²) in [5.74, 6) is 0. The molecule has 0 fully saturated rings. The standard InChI is InChI=1S/C36H32Br2/c37-25-35-15-7-5-13-33(35)23-31-11-3-1-9-29(31)21-27-17-19-28(20-18-27)22-30-10-2-4-12-32(30)24-34-14-6-8-16-36(34)26-38/h1-20H,21-26H2. The van der Waals surface area contributed by atoms with Crippen LogP contribution in [0.3, 0.4) is 0 Å². The Labute approximate surface area is 244 Å². The topological polar surface area (TPSA) is 0 Å². The Morgan fingerprint density at radius 1 is 0.289 bits per heavy atom. The fourth-order valence-corrected chi connectivity index (χ4v) is 6.24. The predicted octanol–water partition coefficient (Wildman–Crippen LogP) is 9.84. The Balaban J connectivity index is 1.30. The van der Waals surface area contributed by atoms with E-state index >= 15 is 0 Å². The molecule has 190 valence electrons. The first-order valence-corrected chi connectivity index (χ1v) is 15.4. The number of alkyl halides is 2. The summed E-state index contributed by atoms with van der Waals surface area (Å²) in [6.45, 7) is 0. The van der Waals surface area contributed by atoms with Gasteiger partial charge in [0, 0.05) is 10.7 Å². The first kappa shape index (κ1) is 26.7. The van der Waals surface area contributed by atoms with Gasteiger partial charge >= 0.3 is 0 Å². The number of rotatable bonds is 10. The molecular weight excluding hydrogens is 592 g/mol. The van der Waals surface area contributed by atoms with E-state index in [4.69, 9.17) is 0 Å². The lowest BCUT2D eigenvalue weighted by Crippen LogP contribution is -2.00. The molecule has 0 aromatic heterocycles. The van der Waals surface area contributed by atoms with Crippen molar-refractivity contribution in [3.63, 3.8) is 0 Å². The third-order valence-electron chi connectivity index (χ3n) is 7.34. The van der Waals surface area contributed by atoms with Crippen molar-refractivity contribution >= 4 is 31.9 Å². The molecule has 2 heteroatoms. The van der Waals surface area contributed by atoms with Crippen LogP contribution in [0.5, 0.6) is 0 Å². The lowest BCUT2D eigenvalue weighted by Gasteiger charge is -2.14. The summed E-state index contributed by atoms with van der Waals surface area (Å²) in [5, 5.41) is 1.78. The van der Waals surface area contributed by atoms with Gasteiger partial charge in [0.05, 0.1) is 0 Å². The molecule has 0 aliphatic carbocycles. The van der Waals surface area contributed by atoms with Crippen molar-refractivity contribution < 1.29 is 0 Å². The molecule has 0 amide bonds. The summed E-state index contributed by atoms with van der Waals surface area (Å²) in [5.41, 5.74) is 13.8. The van der Waals surface area contributed by atoms with E-state index in [1.165, 1.54) is 55.6 Å². The highest BCUT2D eigenvalue weighted by molar-refractivity contribution is 9.08. The summed E-state index contributed by atoms with van der Waals surface area (Å²) >= 11 is 7.30. The van der Waals surface area contributed by atoms with Crippen molar-refractivity contribution in [3.8, 4) is 0 Å². The molecule has 0 bridgehead atoms. The van der Waals surface area contributed by atoms with E-state index in [9.17, 15) is 0 Å². The number of hydrogen-bond acceptors (Lipinski definition) is 0. The Hall–Kier alpha value is -2.94. The van der Waals surface area contributed by atoms with Gasteiger partial charge in [-0.15, -0.1) is 0 Å². The average molecular weight is 624 g/mol. The van der Waals surface area contributed by atoms with Crippen LogP contribution in [0, 0.1) is 0 Å². The lowest BCUT2D eigenvalue weighted by atomic mass is 9.92. The highest BCUT2D eigenvalue weighted by Gasteiger charge is 2.09. The molecule has 0 atom stereocenters. The largest absolute Gasteiger partial charge is 0.0876 e. The molecule has 0 radical (unpaired) electrons. The van der Waals surface area contributed by atoms with Crippen LogP contribution < -0.4 is 0 Å². The fourth-order valence-electron chi connectivity index (χ4n) is 5.15. The van der Waals surface area contributed by atoms with Crippen molar-refractivity contribution in [1.29, 1.82) is 0 Å². The lowest BCUT2D eigenvalue weighted by molar-refractivity contribution is 1.06. The van der Waals surface area contributed by atoms with Crippen LogP contribution in [0.2, 0.25) is 0 Å². The van der Waals surface area contributed by atoms with E-state index in [-0.39, 0.29) is 0 Å². The van der Waals surface area contributed by atoms with E-state index in [0.717, 1.165) is 36.3 Å². The van der Waals surface area contributed by atoms with E-state index in [1.807, 2.05) is 0 Å². The predicted molar refractivity (Wildman–Crippen MR) is 169 cm³/mol. The summed E-state index contributed by atoms with van der Waals surface area (Å²) in [4.78, 5) is 0. The van der Waals surface area contributed by atoms with Crippen LogP contribution in [0.4, 0.5) is 0 Å². The van der Waals surface area contributed by atoms with Crippen LogP contribution in [0.25, 0.3) is 0 Å². The van der Waals surface area contributed by atoms with Gasteiger partial charge in [-0.05, 0) is 81.3 Å². The number of hydrogen-bond donors (Lipinski definition) is 0. The van der Waals surface area contributed by atoms with E-state index in [2.05, 4.69) is 153 Å². The van der Waals surface area contributed by atoms with Gasteiger partial charge < -0.3 is 0 Å². The van der Waals surface area contributed by atoms with Gasteiger partial charge in [-0.25, -0.2) is 0 Å². The second kappa shape index (κ2) is 13.2. The zero-order valence-electron chi connectivity index (χ0n) is 21.5. The maximum absolute atomic E-state index is 3.65. The Morgan fingerprint density at radius 2 is 0.526 bits per heavy atom.